The van der Waals surface area contributed by atoms with Gasteiger partial charge in [0.15, 0.2) is 6.61 Å². The molecule has 9 nitrogen and oxygen atoms in total. The Bertz CT molecular complexity index is 1560. The third-order valence-corrected chi connectivity index (χ3v) is 5.19. The van der Waals surface area contributed by atoms with E-state index in [1.807, 2.05) is 13.0 Å². The van der Waals surface area contributed by atoms with Gasteiger partial charge in [0.05, 0.1) is 11.8 Å². The molecule has 5 aromatic rings. The molecule has 0 radical (unpaired) electrons. The number of carbonyl (C=O) groups is 1. The number of hydrogen-bond acceptors (Lipinski definition) is 7. The summed E-state index contributed by atoms with van der Waals surface area (Å²) in [4.78, 5) is 25.3. The quantitative estimate of drug-likeness (QED) is 0.356. The van der Waals surface area contributed by atoms with Gasteiger partial charge in [0, 0.05) is 23.6 Å². The maximum absolute atomic E-state index is 12.9. The summed E-state index contributed by atoms with van der Waals surface area (Å²) < 4.78 is 49.6. The monoisotopic (exact) mass is 494 g/mol. The number of amides is 1. The summed E-state index contributed by atoms with van der Waals surface area (Å²) in [5, 5.41) is 6.74. The Kier molecular flexibility index (Phi) is 5.84. The number of benzene rings is 1. The first-order valence-electron chi connectivity index (χ1n) is 10.6. The van der Waals surface area contributed by atoms with E-state index in [0.29, 0.717) is 22.6 Å². The molecule has 0 bridgehead atoms. The average molecular weight is 494 g/mol. The van der Waals surface area contributed by atoms with Crippen LogP contribution in [0.25, 0.3) is 28.5 Å². The molecule has 0 aliphatic carbocycles. The number of aryl methyl sites for hydroxylation is 1. The van der Waals surface area contributed by atoms with Crippen LogP contribution in [-0.2, 0) is 0 Å². The van der Waals surface area contributed by atoms with Gasteiger partial charge in [0.2, 0.25) is 11.7 Å². The van der Waals surface area contributed by atoms with Gasteiger partial charge in [-0.05, 0) is 48.9 Å². The number of nitrogens with one attached hydrogen (secondary N) is 1. The molecule has 1 amide bonds. The summed E-state index contributed by atoms with van der Waals surface area (Å²) in [6.45, 7) is 0.322. The minimum atomic E-state index is -4.52. The van der Waals surface area contributed by atoms with Crippen molar-refractivity contribution in [2.45, 2.75) is 13.1 Å². The smallest absolute Gasteiger partial charge is 0.422 e. The lowest BCUT2D eigenvalue weighted by Gasteiger charge is -2.10. The van der Waals surface area contributed by atoms with Crippen molar-refractivity contribution in [3.8, 4) is 28.7 Å². The van der Waals surface area contributed by atoms with E-state index in [2.05, 4.69) is 25.4 Å². The van der Waals surface area contributed by atoms with Crippen molar-refractivity contribution in [2.24, 2.45) is 0 Å². The molecule has 0 spiro atoms. The second kappa shape index (κ2) is 9.13. The SMILES string of the molecule is Cc1ccc(-c2nc(-c3cccnc3OCC(F)(F)F)no2)cc1NC(=O)c1cnc2ccccn12. The molecule has 4 heterocycles. The number of alkyl halides is 3. The fourth-order valence-corrected chi connectivity index (χ4v) is 3.45. The first-order valence-corrected chi connectivity index (χ1v) is 10.6. The molecule has 36 heavy (non-hydrogen) atoms. The van der Waals surface area contributed by atoms with Crippen molar-refractivity contribution in [2.75, 3.05) is 11.9 Å². The van der Waals surface area contributed by atoms with Gasteiger partial charge in [-0.2, -0.15) is 18.2 Å². The summed E-state index contributed by atoms with van der Waals surface area (Å²) in [7, 11) is 0. The van der Waals surface area contributed by atoms with Crippen LogP contribution in [0.1, 0.15) is 16.1 Å². The lowest BCUT2D eigenvalue weighted by Crippen LogP contribution is -2.20. The second-order valence-electron chi connectivity index (χ2n) is 7.74. The van der Waals surface area contributed by atoms with Gasteiger partial charge < -0.3 is 14.6 Å². The highest BCUT2D eigenvalue weighted by atomic mass is 19.4. The van der Waals surface area contributed by atoms with Gasteiger partial charge in [0.25, 0.3) is 11.8 Å². The predicted molar refractivity (Wildman–Crippen MR) is 122 cm³/mol. The highest BCUT2D eigenvalue weighted by molar-refractivity contribution is 6.04. The number of imidazole rings is 1. The van der Waals surface area contributed by atoms with Gasteiger partial charge >= 0.3 is 6.18 Å². The van der Waals surface area contributed by atoms with Crippen LogP contribution >= 0.6 is 0 Å². The van der Waals surface area contributed by atoms with Crippen LogP contribution in [0.15, 0.2) is 71.6 Å². The number of fused-ring (bicyclic) bond motifs is 1. The first kappa shape index (κ1) is 23.0. The Morgan fingerprint density at radius 1 is 1.14 bits per heavy atom. The predicted octanol–water partition coefficient (Wildman–Crippen LogP) is 4.95. The Balaban J connectivity index is 1.40. The van der Waals surface area contributed by atoms with E-state index < -0.39 is 12.8 Å². The average Bonchev–Trinajstić information content (AvgIpc) is 3.52. The largest absolute Gasteiger partial charge is 0.467 e. The zero-order valence-corrected chi connectivity index (χ0v) is 18.7. The van der Waals surface area contributed by atoms with Crippen LogP contribution in [0, 0.1) is 6.92 Å². The lowest BCUT2D eigenvalue weighted by molar-refractivity contribution is -0.154. The van der Waals surface area contributed by atoms with Crippen LogP contribution in [0.4, 0.5) is 18.9 Å². The van der Waals surface area contributed by atoms with E-state index in [0.717, 1.165) is 5.56 Å². The molecule has 0 saturated carbocycles. The molecule has 0 atom stereocenters. The van der Waals surface area contributed by atoms with Gasteiger partial charge in [0.1, 0.15) is 11.3 Å². The minimum Gasteiger partial charge on any atom is -0.467 e. The zero-order chi connectivity index (χ0) is 25.3. The van der Waals surface area contributed by atoms with Crippen LogP contribution in [-0.4, -0.2) is 43.2 Å². The number of carbonyl (C=O) groups excluding carboxylic acids is 1. The van der Waals surface area contributed by atoms with Gasteiger partial charge in [-0.25, -0.2) is 9.97 Å². The molecule has 1 N–H and O–H groups in total. The number of rotatable bonds is 6. The molecule has 5 rings (SSSR count). The third-order valence-electron chi connectivity index (χ3n) is 5.19. The van der Waals surface area contributed by atoms with E-state index in [9.17, 15) is 18.0 Å². The van der Waals surface area contributed by atoms with Crippen molar-refractivity contribution in [3.05, 3.63) is 78.4 Å². The molecule has 1 aromatic carbocycles. The number of ether oxygens (including phenoxy) is 1. The van der Waals surface area contributed by atoms with Crippen LogP contribution in [0.3, 0.4) is 0 Å². The number of nitrogens with zero attached hydrogens (tertiary/aromatic N) is 5. The fourth-order valence-electron chi connectivity index (χ4n) is 3.45. The number of pyridine rings is 2. The second-order valence-corrected chi connectivity index (χ2v) is 7.74. The van der Waals surface area contributed by atoms with E-state index in [4.69, 9.17) is 9.26 Å². The number of hydrogen-bond donors (Lipinski definition) is 1. The van der Waals surface area contributed by atoms with E-state index in [1.165, 1.54) is 24.5 Å². The highest BCUT2D eigenvalue weighted by Crippen LogP contribution is 2.30. The summed E-state index contributed by atoms with van der Waals surface area (Å²) in [5.41, 5.74) is 2.94. The lowest BCUT2D eigenvalue weighted by atomic mass is 10.1. The van der Waals surface area contributed by atoms with Crippen molar-refractivity contribution < 1.29 is 27.2 Å². The van der Waals surface area contributed by atoms with Crippen molar-refractivity contribution in [1.29, 1.82) is 0 Å². The van der Waals surface area contributed by atoms with Gasteiger partial charge in [-0.1, -0.05) is 17.3 Å². The fraction of sp³-hybridized carbons (Fsp3) is 0.125. The molecular weight excluding hydrogens is 477 g/mol. The molecule has 0 fully saturated rings. The molecule has 4 aromatic heterocycles. The molecule has 182 valence electrons. The minimum absolute atomic E-state index is 0.00663. The zero-order valence-electron chi connectivity index (χ0n) is 18.7. The Hall–Kier alpha value is -4.74. The Labute approximate surface area is 201 Å². The van der Waals surface area contributed by atoms with Crippen molar-refractivity contribution in [1.82, 2.24) is 24.5 Å². The number of anilines is 1. The molecule has 0 aliphatic heterocycles. The summed E-state index contributed by atoms with van der Waals surface area (Å²) in [5.74, 6) is -0.526. The molecular formula is C24H17F3N6O3. The molecule has 0 aliphatic rings. The van der Waals surface area contributed by atoms with E-state index >= 15 is 0 Å². The summed E-state index contributed by atoms with van der Waals surface area (Å²) in [6, 6.07) is 13.6. The summed E-state index contributed by atoms with van der Waals surface area (Å²) in [6.07, 6.45) is 0.00410. The van der Waals surface area contributed by atoms with Crippen molar-refractivity contribution >= 4 is 17.2 Å². The highest BCUT2D eigenvalue weighted by Gasteiger charge is 2.29. The summed E-state index contributed by atoms with van der Waals surface area (Å²) >= 11 is 0. The maximum atomic E-state index is 12.9. The van der Waals surface area contributed by atoms with Crippen LogP contribution in [0.2, 0.25) is 0 Å². The van der Waals surface area contributed by atoms with Gasteiger partial charge in [-0.15, -0.1) is 0 Å². The number of halogens is 3. The van der Waals surface area contributed by atoms with E-state index in [1.54, 1.807) is 40.9 Å². The van der Waals surface area contributed by atoms with Crippen LogP contribution in [0.5, 0.6) is 5.88 Å². The maximum Gasteiger partial charge on any atom is 0.422 e. The van der Waals surface area contributed by atoms with Crippen molar-refractivity contribution in [3.63, 3.8) is 0 Å². The third kappa shape index (κ3) is 4.73. The first-order chi connectivity index (χ1) is 17.3. The van der Waals surface area contributed by atoms with Gasteiger partial charge in [-0.3, -0.25) is 9.20 Å². The Morgan fingerprint density at radius 3 is 2.83 bits per heavy atom. The standard InChI is InChI=1S/C24H17F3N6O3/c1-14-7-8-15(11-17(14)30-21(34)18-12-29-19-6-2-3-10-33(18)19)22-31-20(32-36-22)16-5-4-9-28-23(16)35-13-24(25,26)27/h2-12H,13H2,1H3,(H,30,34). The normalized spacial score (nSPS) is 11.6. The molecule has 0 saturated heterocycles. The topological polar surface area (TPSA) is 107 Å². The van der Waals surface area contributed by atoms with Crippen LogP contribution < -0.4 is 10.1 Å². The Morgan fingerprint density at radius 2 is 2.00 bits per heavy atom. The molecule has 0 unspecified atom stereocenters. The van der Waals surface area contributed by atoms with E-state index in [-0.39, 0.29) is 29.1 Å². The number of aromatic nitrogens is 5. The molecule has 12 heteroatoms.